The van der Waals surface area contributed by atoms with Crippen LogP contribution in [0.2, 0.25) is 0 Å². The molecule has 2 rings (SSSR count). The van der Waals surface area contributed by atoms with Crippen molar-refractivity contribution in [1.82, 2.24) is 14.8 Å². The fourth-order valence-electron chi connectivity index (χ4n) is 2.28. The van der Waals surface area contributed by atoms with E-state index in [1.54, 1.807) is 16.8 Å². The molecule has 102 valence electrons. The van der Waals surface area contributed by atoms with Gasteiger partial charge in [-0.05, 0) is 31.5 Å². The maximum atomic E-state index is 12.2. The van der Waals surface area contributed by atoms with Crippen LogP contribution in [0.25, 0.3) is 0 Å². The summed E-state index contributed by atoms with van der Waals surface area (Å²) in [7, 11) is 1.76. The third-order valence-electron chi connectivity index (χ3n) is 3.31. The minimum atomic E-state index is 0.00156. The molecule has 2 amide bonds. The van der Waals surface area contributed by atoms with Crippen LogP contribution in [-0.2, 0) is 16.0 Å². The quantitative estimate of drug-likeness (QED) is 0.781. The molecule has 1 aliphatic heterocycles. The molecule has 1 saturated heterocycles. The minimum Gasteiger partial charge on any atom is -0.342 e. The van der Waals surface area contributed by atoms with Crippen LogP contribution < -0.4 is 0 Å². The predicted octanol–water partition coefficient (Wildman–Crippen LogP) is 0.542. The van der Waals surface area contributed by atoms with Gasteiger partial charge in [0.25, 0.3) is 0 Å². The number of amides is 2. The van der Waals surface area contributed by atoms with Crippen molar-refractivity contribution in [3.05, 3.63) is 29.1 Å². The van der Waals surface area contributed by atoms with E-state index >= 15 is 0 Å². The number of aromatic nitrogens is 1. The second-order valence-electron chi connectivity index (χ2n) is 5.07. The van der Waals surface area contributed by atoms with Gasteiger partial charge in [-0.2, -0.15) is 0 Å². The summed E-state index contributed by atoms with van der Waals surface area (Å²) in [5.74, 6) is 0.00754. The maximum absolute atomic E-state index is 12.2. The Bertz CT molecular complexity index is 493. The first-order valence-electron chi connectivity index (χ1n) is 6.41. The lowest BCUT2D eigenvalue weighted by Crippen LogP contribution is -2.51. The van der Waals surface area contributed by atoms with Gasteiger partial charge in [0.05, 0.1) is 13.0 Å². The highest BCUT2D eigenvalue weighted by molar-refractivity contribution is 5.86. The van der Waals surface area contributed by atoms with Crippen molar-refractivity contribution in [2.75, 3.05) is 26.7 Å². The van der Waals surface area contributed by atoms with E-state index in [-0.39, 0.29) is 18.4 Å². The molecule has 1 aromatic rings. The Kier molecular flexibility index (Phi) is 3.83. The fraction of sp³-hybridized carbons (Fsp3) is 0.500. The highest BCUT2D eigenvalue weighted by Crippen LogP contribution is 2.09. The number of pyridine rings is 1. The van der Waals surface area contributed by atoms with Gasteiger partial charge in [0.15, 0.2) is 0 Å². The number of rotatable bonds is 2. The monoisotopic (exact) mass is 261 g/mol. The Morgan fingerprint density at radius 3 is 2.47 bits per heavy atom. The summed E-state index contributed by atoms with van der Waals surface area (Å²) in [4.78, 5) is 31.3. The maximum Gasteiger partial charge on any atom is 0.241 e. The zero-order chi connectivity index (χ0) is 14.0. The van der Waals surface area contributed by atoms with E-state index in [0.29, 0.717) is 19.5 Å². The van der Waals surface area contributed by atoms with Crippen molar-refractivity contribution in [1.29, 1.82) is 0 Å². The highest BCUT2D eigenvalue weighted by Gasteiger charge is 2.24. The average Bonchev–Trinajstić information content (AvgIpc) is 2.31. The van der Waals surface area contributed by atoms with E-state index in [1.807, 2.05) is 26.0 Å². The molecule has 0 saturated carbocycles. The molecule has 2 heterocycles. The van der Waals surface area contributed by atoms with E-state index in [1.165, 1.54) is 0 Å². The third-order valence-corrected chi connectivity index (χ3v) is 3.31. The largest absolute Gasteiger partial charge is 0.342 e. The fourth-order valence-corrected chi connectivity index (χ4v) is 2.28. The first kappa shape index (κ1) is 13.5. The van der Waals surface area contributed by atoms with E-state index in [9.17, 15) is 9.59 Å². The van der Waals surface area contributed by atoms with Gasteiger partial charge in [-0.15, -0.1) is 0 Å². The lowest BCUT2D eigenvalue weighted by Gasteiger charge is -2.32. The van der Waals surface area contributed by atoms with Crippen molar-refractivity contribution in [2.45, 2.75) is 20.3 Å². The van der Waals surface area contributed by atoms with Gasteiger partial charge in [-0.3, -0.25) is 14.6 Å². The van der Waals surface area contributed by atoms with Crippen LogP contribution in [0.15, 0.2) is 12.1 Å². The van der Waals surface area contributed by atoms with Crippen molar-refractivity contribution >= 4 is 11.8 Å². The van der Waals surface area contributed by atoms with Crippen LogP contribution in [0.4, 0.5) is 0 Å². The number of carbonyl (C=O) groups is 2. The molecule has 0 atom stereocenters. The summed E-state index contributed by atoms with van der Waals surface area (Å²) in [5.41, 5.74) is 2.79. The van der Waals surface area contributed by atoms with E-state index < -0.39 is 0 Å². The van der Waals surface area contributed by atoms with Gasteiger partial charge < -0.3 is 9.80 Å². The molecule has 1 aromatic heterocycles. The number of piperazine rings is 1. The number of carbonyl (C=O) groups excluding carboxylic acids is 2. The molecule has 0 unspecified atom stereocenters. The standard InChI is InChI=1S/C14H19N3O2/c1-10-6-12(7-11(2)15-10)8-13(18)17-5-4-16(3)14(19)9-17/h6-7H,4-5,8-9H2,1-3H3. The first-order valence-corrected chi connectivity index (χ1v) is 6.41. The van der Waals surface area contributed by atoms with Crippen molar-refractivity contribution in [3.63, 3.8) is 0 Å². The molecule has 0 aliphatic carbocycles. The summed E-state index contributed by atoms with van der Waals surface area (Å²) in [6.45, 7) is 5.25. The number of hydrogen-bond donors (Lipinski definition) is 0. The molecule has 0 aromatic carbocycles. The van der Waals surface area contributed by atoms with Gasteiger partial charge in [-0.1, -0.05) is 0 Å². The van der Waals surface area contributed by atoms with Crippen LogP contribution in [0.1, 0.15) is 17.0 Å². The lowest BCUT2D eigenvalue weighted by atomic mass is 10.1. The molecule has 1 aliphatic rings. The summed E-state index contributed by atoms with van der Waals surface area (Å²) < 4.78 is 0. The van der Waals surface area contributed by atoms with Crippen LogP contribution in [0.5, 0.6) is 0 Å². The summed E-state index contributed by atoms with van der Waals surface area (Å²) in [6, 6.07) is 3.84. The predicted molar refractivity (Wildman–Crippen MR) is 71.6 cm³/mol. The summed E-state index contributed by atoms with van der Waals surface area (Å²) in [5, 5.41) is 0. The van der Waals surface area contributed by atoms with Crippen LogP contribution in [0.3, 0.4) is 0 Å². The SMILES string of the molecule is Cc1cc(CC(=O)N2CCN(C)C(=O)C2)cc(C)n1. The molecule has 5 nitrogen and oxygen atoms in total. The highest BCUT2D eigenvalue weighted by atomic mass is 16.2. The molecule has 19 heavy (non-hydrogen) atoms. The van der Waals surface area contributed by atoms with Gasteiger partial charge in [-0.25, -0.2) is 0 Å². The van der Waals surface area contributed by atoms with Crippen LogP contribution in [0, 0.1) is 13.8 Å². The minimum absolute atomic E-state index is 0.00156. The molecule has 0 radical (unpaired) electrons. The zero-order valence-corrected chi connectivity index (χ0v) is 11.6. The molecular weight excluding hydrogens is 242 g/mol. The Labute approximate surface area is 113 Å². The van der Waals surface area contributed by atoms with Gasteiger partial charge in [0.2, 0.25) is 11.8 Å². The Hall–Kier alpha value is -1.91. The Balaban J connectivity index is 2.03. The van der Waals surface area contributed by atoms with E-state index in [2.05, 4.69) is 4.98 Å². The molecular formula is C14H19N3O2. The van der Waals surface area contributed by atoms with Crippen molar-refractivity contribution < 1.29 is 9.59 Å². The van der Waals surface area contributed by atoms with Crippen molar-refractivity contribution in [2.24, 2.45) is 0 Å². The van der Waals surface area contributed by atoms with Crippen molar-refractivity contribution in [3.8, 4) is 0 Å². The topological polar surface area (TPSA) is 53.5 Å². The molecule has 0 N–H and O–H groups in total. The smallest absolute Gasteiger partial charge is 0.241 e. The summed E-state index contributed by atoms with van der Waals surface area (Å²) >= 11 is 0. The normalized spacial score (nSPS) is 15.8. The second-order valence-corrected chi connectivity index (χ2v) is 5.07. The third kappa shape index (κ3) is 3.30. The van der Waals surface area contributed by atoms with E-state index in [0.717, 1.165) is 17.0 Å². The zero-order valence-electron chi connectivity index (χ0n) is 11.6. The Morgan fingerprint density at radius 2 is 1.89 bits per heavy atom. The lowest BCUT2D eigenvalue weighted by molar-refractivity contribution is -0.143. The van der Waals surface area contributed by atoms with Crippen LogP contribution in [-0.4, -0.2) is 53.3 Å². The number of hydrogen-bond acceptors (Lipinski definition) is 3. The van der Waals surface area contributed by atoms with Gasteiger partial charge >= 0.3 is 0 Å². The average molecular weight is 261 g/mol. The molecule has 5 heteroatoms. The molecule has 1 fully saturated rings. The number of nitrogens with zero attached hydrogens (tertiary/aromatic N) is 3. The number of likely N-dealkylation sites (N-methyl/N-ethyl adjacent to an activating group) is 1. The molecule has 0 spiro atoms. The van der Waals surface area contributed by atoms with Crippen LogP contribution >= 0.6 is 0 Å². The second kappa shape index (κ2) is 5.38. The summed E-state index contributed by atoms with van der Waals surface area (Å²) in [6.07, 6.45) is 0.335. The molecule has 0 bridgehead atoms. The van der Waals surface area contributed by atoms with Gasteiger partial charge in [0.1, 0.15) is 0 Å². The number of aryl methyl sites for hydroxylation is 2. The first-order chi connectivity index (χ1) is 8.95. The van der Waals surface area contributed by atoms with Gasteiger partial charge in [0, 0.05) is 31.5 Å². The van der Waals surface area contributed by atoms with E-state index in [4.69, 9.17) is 0 Å². The Morgan fingerprint density at radius 1 is 1.26 bits per heavy atom.